The minimum absolute atomic E-state index is 0.0809. The zero-order chi connectivity index (χ0) is 15.1. The number of aliphatic hydroxyl groups is 4. The number of carbonyl (C=O) groups is 2. The van der Waals surface area contributed by atoms with Crippen LogP contribution in [0.4, 0.5) is 0 Å². The van der Waals surface area contributed by atoms with Crippen LogP contribution in [0.1, 0.15) is 0 Å². The molecule has 0 heterocycles. The summed E-state index contributed by atoms with van der Waals surface area (Å²) in [6.07, 6.45) is -8.39. The van der Waals surface area contributed by atoms with Crippen molar-refractivity contribution in [3.05, 3.63) is 0 Å². The molecule has 4 unspecified atom stereocenters. The van der Waals surface area contributed by atoms with Crippen molar-refractivity contribution in [3.8, 4) is 0 Å². The Morgan fingerprint density at radius 1 is 1.00 bits per heavy atom. The van der Waals surface area contributed by atoms with E-state index in [1.165, 1.54) is 0 Å². The number of hydrogen-bond acceptors (Lipinski definition) is 7. The van der Waals surface area contributed by atoms with E-state index in [-0.39, 0.29) is 6.29 Å². The van der Waals surface area contributed by atoms with Crippen LogP contribution in [0.5, 0.6) is 0 Å². The molecule has 0 spiro atoms. The Morgan fingerprint density at radius 3 is 1.56 bits per heavy atom. The number of carbonyl (C=O) groups excluding carboxylic acids is 1. The lowest BCUT2D eigenvalue weighted by Crippen LogP contribution is -2.48. The van der Waals surface area contributed by atoms with Crippen molar-refractivity contribution < 1.29 is 54.4 Å². The van der Waals surface area contributed by atoms with Gasteiger partial charge in [0.2, 0.25) is 0 Å². The van der Waals surface area contributed by atoms with Gasteiger partial charge < -0.3 is 45.0 Å². The summed E-state index contributed by atoms with van der Waals surface area (Å²) in [5.41, 5.74) is 0. The van der Waals surface area contributed by atoms with Crippen molar-refractivity contribution in [2.75, 3.05) is 0 Å². The Bertz CT molecular complexity index is 302. The molecule has 108 valence electrons. The molecule has 8 N–H and O–H groups in total. The molecule has 12 heteroatoms. The third-order valence-electron chi connectivity index (χ3n) is 1.42. The fourth-order valence-electron chi connectivity index (χ4n) is 0.615. The quantitative estimate of drug-likeness (QED) is 0.179. The van der Waals surface area contributed by atoms with E-state index in [0.717, 1.165) is 0 Å². The van der Waals surface area contributed by atoms with Gasteiger partial charge in [0.25, 0.3) is 0 Å². The number of rotatable bonds is 5. The summed E-state index contributed by atoms with van der Waals surface area (Å²) >= 11 is 0. The first-order chi connectivity index (χ1) is 7.91. The first kappa shape index (κ1) is 19.4. The van der Waals surface area contributed by atoms with Crippen LogP contribution in [0.3, 0.4) is 0 Å². The van der Waals surface area contributed by atoms with Crippen molar-refractivity contribution in [1.29, 1.82) is 0 Å². The molecule has 0 aromatic rings. The molecule has 0 amide bonds. The van der Waals surface area contributed by atoms with Crippen LogP contribution in [-0.2, 0) is 14.2 Å². The third-order valence-corrected chi connectivity index (χ3v) is 1.42. The van der Waals surface area contributed by atoms with Crippen LogP contribution >= 0.6 is 7.82 Å². The van der Waals surface area contributed by atoms with E-state index in [1.54, 1.807) is 0 Å². The summed E-state index contributed by atoms with van der Waals surface area (Å²) in [7, 11) is -4.64. The first-order valence-corrected chi connectivity index (χ1v) is 5.67. The van der Waals surface area contributed by atoms with Crippen molar-refractivity contribution in [2.45, 2.75) is 24.4 Å². The summed E-state index contributed by atoms with van der Waals surface area (Å²) in [5.74, 6) is -1.76. The lowest BCUT2D eigenvalue weighted by atomic mass is 10.0. The van der Waals surface area contributed by atoms with Gasteiger partial charge in [-0.3, -0.25) is 0 Å². The largest absolute Gasteiger partial charge is 0.479 e. The summed E-state index contributed by atoms with van der Waals surface area (Å²) < 4.78 is 8.88. The molecule has 0 aromatic heterocycles. The molecule has 0 fully saturated rings. The van der Waals surface area contributed by atoms with Gasteiger partial charge in [0, 0.05) is 0 Å². The Balaban J connectivity index is 0. The van der Waals surface area contributed by atoms with Crippen molar-refractivity contribution in [3.63, 3.8) is 0 Å². The van der Waals surface area contributed by atoms with E-state index < -0.39 is 38.2 Å². The minimum atomic E-state index is -4.64. The Kier molecular flexibility index (Phi) is 8.89. The molecule has 0 aromatic carbocycles. The molecule has 18 heavy (non-hydrogen) atoms. The van der Waals surface area contributed by atoms with Gasteiger partial charge in [0.1, 0.15) is 18.3 Å². The Labute approximate surface area is 99.8 Å². The molecule has 0 aliphatic carbocycles. The van der Waals surface area contributed by atoms with Crippen LogP contribution in [0.2, 0.25) is 0 Å². The lowest BCUT2D eigenvalue weighted by molar-refractivity contribution is -0.163. The summed E-state index contributed by atoms with van der Waals surface area (Å²) in [6, 6.07) is 0. The van der Waals surface area contributed by atoms with E-state index in [4.69, 9.17) is 44.8 Å². The molecule has 4 atom stereocenters. The highest BCUT2D eigenvalue weighted by atomic mass is 31.2. The third kappa shape index (κ3) is 10.3. The Hall–Kier alpha value is -0.910. The highest BCUT2D eigenvalue weighted by molar-refractivity contribution is 7.45. The highest BCUT2D eigenvalue weighted by Crippen LogP contribution is 2.25. The number of carboxylic acid groups (broad SMARTS) is 1. The van der Waals surface area contributed by atoms with E-state index in [1.807, 2.05) is 0 Å². The monoisotopic (exact) mass is 292 g/mol. The number of carboxylic acids is 1. The average Bonchev–Trinajstić information content (AvgIpc) is 2.22. The van der Waals surface area contributed by atoms with E-state index in [0.29, 0.717) is 0 Å². The number of hydrogen-bond donors (Lipinski definition) is 8. The van der Waals surface area contributed by atoms with E-state index in [9.17, 15) is 9.59 Å². The second kappa shape index (κ2) is 8.24. The van der Waals surface area contributed by atoms with Crippen molar-refractivity contribution in [1.82, 2.24) is 0 Å². The molecule has 0 bridgehead atoms. The number of phosphoric acid groups is 1. The minimum Gasteiger partial charge on any atom is -0.479 e. The Morgan fingerprint density at radius 2 is 1.33 bits per heavy atom. The van der Waals surface area contributed by atoms with Gasteiger partial charge >= 0.3 is 13.8 Å². The van der Waals surface area contributed by atoms with Gasteiger partial charge in [-0.15, -0.1) is 0 Å². The SMILES string of the molecule is O=CC(O)C(O)C(O)C(O)C(=O)O.O=P(O)(O)O. The van der Waals surface area contributed by atoms with Gasteiger partial charge in [0.15, 0.2) is 12.4 Å². The molecule has 0 rings (SSSR count). The lowest BCUT2D eigenvalue weighted by Gasteiger charge is -2.21. The molecular formula is C6H13O11P. The predicted molar refractivity (Wildman–Crippen MR) is 52.0 cm³/mol. The van der Waals surface area contributed by atoms with Crippen LogP contribution < -0.4 is 0 Å². The molecule has 0 saturated carbocycles. The van der Waals surface area contributed by atoms with Crippen LogP contribution in [0, 0.1) is 0 Å². The van der Waals surface area contributed by atoms with Gasteiger partial charge in [-0.1, -0.05) is 0 Å². The number of aliphatic carboxylic acids is 1. The zero-order valence-corrected chi connectivity index (χ0v) is 9.53. The molecule has 11 nitrogen and oxygen atoms in total. The topological polar surface area (TPSA) is 213 Å². The standard InChI is InChI=1S/C6H10O7.H3O4P/c7-1-2(8)3(9)4(10)5(11)6(12)13;1-5(2,3)4/h1-5,8-11H,(H,12,13);(H3,1,2,3,4). The maximum absolute atomic E-state index is 10.1. The summed E-state index contributed by atoms with van der Waals surface area (Å²) in [5, 5.41) is 43.2. The van der Waals surface area contributed by atoms with Gasteiger partial charge in [0.05, 0.1) is 0 Å². The van der Waals surface area contributed by atoms with Crippen LogP contribution in [-0.4, -0.2) is 76.9 Å². The van der Waals surface area contributed by atoms with Crippen molar-refractivity contribution in [2.24, 2.45) is 0 Å². The fourth-order valence-corrected chi connectivity index (χ4v) is 0.615. The summed E-state index contributed by atoms with van der Waals surface area (Å²) in [4.78, 5) is 41.5. The van der Waals surface area contributed by atoms with E-state index in [2.05, 4.69) is 0 Å². The van der Waals surface area contributed by atoms with E-state index >= 15 is 0 Å². The predicted octanol–water partition coefficient (Wildman–Crippen LogP) is -4.22. The van der Waals surface area contributed by atoms with Crippen LogP contribution in [0.25, 0.3) is 0 Å². The maximum Gasteiger partial charge on any atom is 0.466 e. The molecule has 0 aliphatic heterocycles. The van der Waals surface area contributed by atoms with Gasteiger partial charge in [-0.05, 0) is 0 Å². The van der Waals surface area contributed by atoms with Crippen molar-refractivity contribution >= 4 is 20.1 Å². The zero-order valence-electron chi connectivity index (χ0n) is 8.64. The normalized spacial score (nSPS) is 17.7. The second-order valence-electron chi connectivity index (χ2n) is 2.90. The molecule has 0 saturated heterocycles. The second-order valence-corrected chi connectivity index (χ2v) is 3.93. The highest BCUT2D eigenvalue weighted by Gasteiger charge is 2.33. The average molecular weight is 292 g/mol. The molecule has 0 radical (unpaired) electrons. The molecular weight excluding hydrogens is 279 g/mol. The van der Waals surface area contributed by atoms with Gasteiger partial charge in [-0.25, -0.2) is 9.36 Å². The van der Waals surface area contributed by atoms with Gasteiger partial charge in [-0.2, -0.15) is 0 Å². The number of aldehydes is 1. The summed E-state index contributed by atoms with van der Waals surface area (Å²) in [6.45, 7) is 0. The first-order valence-electron chi connectivity index (χ1n) is 4.10. The number of aliphatic hydroxyl groups excluding tert-OH is 4. The fraction of sp³-hybridized carbons (Fsp3) is 0.667. The maximum atomic E-state index is 10.1. The molecule has 0 aliphatic rings. The van der Waals surface area contributed by atoms with Crippen LogP contribution in [0.15, 0.2) is 0 Å². The smallest absolute Gasteiger partial charge is 0.466 e.